The van der Waals surface area contributed by atoms with Crippen LogP contribution in [0.4, 0.5) is 5.69 Å². The number of furan rings is 1. The minimum atomic E-state index is 0.101. The Balaban J connectivity index is 1.85. The zero-order valence-electron chi connectivity index (χ0n) is 15.6. The van der Waals surface area contributed by atoms with E-state index in [2.05, 4.69) is 37.0 Å². The highest BCUT2D eigenvalue weighted by atomic mass is 79.9. The third kappa shape index (κ3) is 4.43. The molecule has 1 N–H and O–H groups in total. The Bertz CT molecular complexity index is 1280. The number of aromatic nitrogens is 1. The summed E-state index contributed by atoms with van der Waals surface area (Å²) in [6.45, 7) is 0. The summed E-state index contributed by atoms with van der Waals surface area (Å²) in [5.41, 5.74) is 2.03. The summed E-state index contributed by atoms with van der Waals surface area (Å²) in [6, 6.07) is 14.7. The summed E-state index contributed by atoms with van der Waals surface area (Å²) in [7, 11) is 1.62. The van der Waals surface area contributed by atoms with Gasteiger partial charge in [-0.2, -0.15) is 5.10 Å². The number of halogens is 2. The molecule has 30 heavy (non-hydrogen) atoms. The van der Waals surface area contributed by atoms with Crippen LogP contribution in [0.15, 0.2) is 83.6 Å². The molecule has 0 atom stereocenters. The number of methoxy groups -OCH3 is 1. The fraction of sp³-hybridized carbons (Fsp3) is 0.0476. The van der Waals surface area contributed by atoms with Crippen LogP contribution < -0.4 is 9.54 Å². The second kappa shape index (κ2) is 9.03. The molecule has 6 nitrogen and oxygen atoms in total. The van der Waals surface area contributed by atoms with Crippen LogP contribution in [0.2, 0.25) is 0 Å². The Morgan fingerprint density at radius 2 is 2.03 bits per heavy atom. The SMILES string of the molecule is COc1cccc(N=c2scc(-c3ccco3)n2N=Cc2cc(Br)cc(Br)c2O)c1. The molecule has 2 aromatic carbocycles. The highest BCUT2D eigenvalue weighted by molar-refractivity contribution is 9.11. The van der Waals surface area contributed by atoms with Crippen molar-refractivity contribution in [1.29, 1.82) is 0 Å². The largest absolute Gasteiger partial charge is 0.506 e. The average molecular weight is 549 g/mol. The first-order chi connectivity index (χ1) is 14.5. The first kappa shape index (κ1) is 20.6. The van der Waals surface area contributed by atoms with Gasteiger partial charge < -0.3 is 14.3 Å². The van der Waals surface area contributed by atoms with Crippen LogP contribution in [0.5, 0.6) is 11.5 Å². The smallest absolute Gasteiger partial charge is 0.211 e. The van der Waals surface area contributed by atoms with Crippen molar-refractivity contribution in [2.24, 2.45) is 10.1 Å². The lowest BCUT2D eigenvalue weighted by atomic mass is 10.2. The third-order valence-corrected chi connectivity index (χ3v) is 5.99. The lowest BCUT2D eigenvalue weighted by Gasteiger charge is -2.04. The zero-order chi connectivity index (χ0) is 21.1. The lowest BCUT2D eigenvalue weighted by Crippen LogP contribution is -2.11. The number of rotatable bonds is 5. The molecule has 9 heteroatoms. The minimum Gasteiger partial charge on any atom is -0.506 e. The first-order valence-electron chi connectivity index (χ1n) is 8.70. The molecule has 2 aromatic heterocycles. The molecule has 0 spiro atoms. The number of hydrogen-bond donors (Lipinski definition) is 1. The van der Waals surface area contributed by atoms with Gasteiger partial charge in [-0.1, -0.05) is 22.0 Å². The van der Waals surface area contributed by atoms with Crippen molar-refractivity contribution >= 4 is 55.1 Å². The molecular weight excluding hydrogens is 534 g/mol. The van der Waals surface area contributed by atoms with Crippen molar-refractivity contribution < 1.29 is 14.3 Å². The van der Waals surface area contributed by atoms with E-state index in [0.29, 0.717) is 20.6 Å². The number of phenols is 1. The number of hydrogen-bond acceptors (Lipinski definition) is 6. The molecule has 0 fully saturated rings. The van der Waals surface area contributed by atoms with Crippen LogP contribution in [-0.4, -0.2) is 23.1 Å². The molecular formula is C21H15Br2N3O3S. The quantitative estimate of drug-likeness (QED) is 0.303. The van der Waals surface area contributed by atoms with Gasteiger partial charge in [0.15, 0.2) is 5.76 Å². The number of nitrogens with zero attached hydrogens (tertiary/aromatic N) is 3. The zero-order valence-corrected chi connectivity index (χ0v) is 19.6. The fourth-order valence-corrected chi connectivity index (χ4v) is 4.77. The van der Waals surface area contributed by atoms with E-state index in [9.17, 15) is 5.11 Å². The van der Waals surface area contributed by atoms with Gasteiger partial charge in [-0.3, -0.25) is 0 Å². The summed E-state index contributed by atoms with van der Waals surface area (Å²) in [5, 5.41) is 16.9. The normalized spacial score (nSPS) is 12.0. The summed E-state index contributed by atoms with van der Waals surface area (Å²) in [4.78, 5) is 5.35. The summed E-state index contributed by atoms with van der Waals surface area (Å²) >= 11 is 8.20. The molecule has 152 valence electrons. The van der Waals surface area contributed by atoms with E-state index in [1.54, 1.807) is 36.4 Å². The van der Waals surface area contributed by atoms with Crippen molar-refractivity contribution in [3.63, 3.8) is 0 Å². The van der Waals surface area contributed by atoms with E-state index in [-0.39, 0.29) is 5.75 Å². The highest BCUT2D eigenvalue weighted by Crippen LogP contribution is 2.31. The maximum atomic E-state index is 10.3. The van der Waals surface area contributed by atoms with Crippen molar-refractivity contribution in [2.75, 3.05) is 7.11 Å². The highest BCUT2D eigenvalue weighted by Gasteiger charge is 2.11. The Morgan fingerprint density at radius 3 is 2.80 bits per heavy atom. The number of phenolic OH excluding ortho intramolecular Hbond substituents is 1. The van der Waals surface area contributed by atoms with Crippen LogP contribution >= 0.6 is 43.2 Å². The number of benzene rings is 2. The van der Waals surface area contributed by atoms with E-state index in [1.165, 1.54) is 11.3 Å². The minimum absolute atomic E-state index is 0.101. The molecule has 0 aliphatic heterocycles. The maximum Gasteiger partial charge on any atom is 0.211 e. The molecule has 0 radical (unpaired) electrons. The molecule has 0 amide bonds. The van der Waals surface area contributed by atoms with Crippen LogP contribution in [-0.2, 0) is 0 Å². The Morgan fingerprint density at radius 1 is 1.17 bits per heavy atom. The van der Waals surface area contributed by atoms with Crippen LogP contribution in [0, 0.1) is 0 Å². The molecule has 2 heterocycles. The second-order valence-electron chi connectivity index (χ2n) is 6.08. The van der Waals surface area contributed by atoms with Gasteiger partial charge in [0.25, 0.3) is 0 Å². The van der Waals surface area contributed by atoms with Gasteiger partial charge in [-0.25, -0.2) is 9.67 Å². The van der Waals surface area contributed by atoms with Crippen molar-refractivity contribution in [3.05, 3.63) is 79.5 Å². The van der Waals surface area contributed by atoms with Crippen molar-refractivity contribution in [2.45, 2.75) is 0 Å². The summed E-state index contributed by atoms with van der Waals surface area (Å²) in [6.07, 6.45) is 3.19. The van der Waals surface area contributed by atoms with E-state index in [0.717, 1.165) is 21.6 Å². The third-order valence-electron chi connectivity index (χ3n) is 4.11. The Kier molecular flexibility index (Phi) is 6.21. The van der Waals surface area contributed by atoms with E-state index in [4.69, 9.17) is 14.1 Å². The molecule has 0 aliphatic carbocycles. The number of ether oxygens (including phenoxy) is 1. The molecule has 0 unspecified atom stereocenters. The second-order valence-corrected chi connectivity index (χ2v) is 8.68. The van der Waals surface area contributed by atoms with Gasteiger partial charge >= 0.3 is 0 Å². The molecule has 4 aromatic rings. The maximum absolute atomic E-state index is 10.3. The molecule has 0 saturated carbocycles. The Hall–Kier alpha value is -2.62. The van der Waals surface area contributed by atoms with Gasteiger partial charge in [-0.05, 0) is 52.3 Å². The lowest BCUT2D eigenvalue weighted by molar-refractivity contribution is 0.415. The van der Waals surface area contributed by atoms with E-state index in [1.807, 2.05) is 41.8 Å². The Labute approximate surface area is 193 Å². The van der Waals surface area contributed by atoms with Crippen LogP contribution in [0.1, 0.15) is 5.56 Å². The van der Waals surface area contributed by atoms with Crippen LogP contribution in [0.25, 0.3) is 11.5 Å². The predicted molar refractivity (Wildman–Crippen MR) is 125 cm³/mol. The van der Waals surface area contributed by atoms with Gasteiger partial charge in [0.1, 0.15) is 17.2 Å². The van der Waals surface area contributed by atoms with Gasteiger partial charge in [0, 0.05) is 21.5 Å². The predicted octanol–water partition coefficient (Wildman–Crippen LogP) is 6.16. The molecule has 0 saturated heterocycles. The summed E-state index contributed by atoms with van der Waals surface area (Å²) in [5.74, 6) is 1.48. The monoisotopic (exact) mass is 547 g/mol. The van der Waals surface area contributed by atoms with Gasteiger partial charge in [0.2, 0.25) is 4.80 Å². The van der Waals surface area contributed by atoms with Gasteiger partial charge in [0.05, 0.1) is 29.7 Å². The van der Waals surface area contributed by atoms with Crippen molar-refractivity contribution in [1.82, 2.24) is 4.68 Å². The number of aromatic hydroxyl groups is 1. The first-order valence-corrected chi connectivity index (χ1v) is 11.2. The topological polar surface area (TPSA) is 72.2 Å². The fourth-order valence-electron chi connectivity index (χ4n) is 2.68. The number of thiazole rings is 1. The summed E-state index contributed by atoms with van der Waals surface area (Å²) < 4.78 is 13.9. The molecule has 0 bridgehead atoms. The van der Waals surface area contributed by atoms with Crippen molar-refractivity contribution in [3.8, 4) is 23.0 Å². The average Bonchev–Trinajstić information content (AvgIpc) is 3.40. The van der Waals surface area contributed by atoms with Crippen LogP contribution in [0.3, 0.4) is 0 Å². The molecule has 0 aliphatic rings. The van der Waals surface area contributed by atoms with E-state index < -0.39 is 0 Å². The van der Waals surface area contributed by atoms with Gasteiger partial charge in [-0.15, -0.1) is 11.3 Å². The molecule has 4 rings (SSSR count). The van der Waals surface area contributed by atoms with E-state index >= 15 is 0 Å². The standard InChI is InChI=1S/C21H15Br2N3O3S/c1-28-16-5-2-4-15(10-16)25-21-26(18(12-30-21)19-6-3-7-29-19)24-11-13-8-14(22)9-17(23)20(13)27/h2-12,27H,1H3.